The number of sulfonamides is 1. The summed E-state index contributed by atoms with van der Waals surface area (Å²) in [4.78, 5) is 29.8. The van der Waals surface area contributed by atoms with Crippen molar-refractivity contribution in [1.82, 2.24) is 4.98 Å². The van der Waals surface area contributed by atoms with Crippen LogP contribution in [0, 0.1) is 5.82 Å². The summed E-state index contributed by atoms with van der Waals surface area (Å²) in [6, 6.07) is 5.26. The van der Waals surface area contributed by atoms with Gasteiger partial charge < -0.3 is 4.74 Å². The van der Waals surface area contributed by atoms with Gasteiger partial charge in [-0.2, -0.15) is 0 Å². The van der Waals surface area contributed by atoms with Crippen LogP contribution in [0.25, 0.3) is 11.1 Å². The number of anilines is 1. The lowest BCUT2D eigenvalue weighted by molar-refractivity contribution is 0.0599. The molecule has 0 N–H and O–H groups in total. The van der Waals surface area contributed by atoms with Crippen molar-refractivity contribution in [1.29, 1.82) is 0 Å². The van der Waals surface area contributed by atoms with Crippen LogP contribution in [0.5, 0.6) is 0 Å². The smallest absolute Gasteiger partial charge is 0.340 e. The van der Waals surface area contributed by atoms with E-state index in [1.165, 1.54) is 38.4 Å². The molecule has 0 radical (unpaired) electrons. The summed E-state index contributed by atoms with van der Waals surface area (Å²) in [5, 5.41) is 0. The first kappa shape index (κ1) is 19.9. The topological polar surface area (TPSA) is 93.6 Å². The molecule has 0 atom stereocenters. The Morgan fingerprint density at radius 3 is 2.36 bits per heavy atom. The van der Waals surface area contributed by atoms with Crippen LogP contribution in [0.1, 0.15) is 46.2 Å². The van der Waals surface area contributed by atoms with Gasteiger partial charge >= 0.3 is 5.97 Å². The monoisotopic (exact) mass is 406 g/mol. The minimum atomic E-state index is -3.87. The number of pyridine rings is 1. The average Bonchev–Trinajstić information content (AvgIpc) is 2.64. The largest absolute Gasteiger partial charge is 0.465 e. The summed E-state index contributed by atoms with van der Waals surface area (Å²) < 4.78 is 44.0. The molecule has 9 heteroatoms. The molecule has 1 aromatic carbocycles. The third-order valence-corrected chi connectivity index (χ3v) is 6.22. The number of ether oxygens (including phenoxy) is 1. The van der Waals surface area contributed by atoms with E-state index in [9.17, 15) is 22.4 Å². The van der Waals surface area contributed by atoms with E-state index in [0.29, 0.717) is 11.3 Å². The molecular formula is C19H19FN2O5S. The Morgan fingerprint density at radius 2 is 1.82 bits per heavy atom. The first-order chi connectivity index (χ1) is 13.1. The number of esters is 1. The van der Waals surface area contributed by atoms with Gasteiger partial charge in [-0.15, -0.1) is 0 Å². The third kappa shape index (κ3) is 3.15. The minimum Gasteiger partial charge on any atom is -0.465 e. The molecule has 0 unspecified atom stereocenters. The van der Waals surface area contributed by atoms with Crippen molar-refractivity contribution in [2.45, 2.75) is 19.8 Å². The van der Waals surface area contributed by atoms with Gasteiger partial charge in [-0.3, -0.25) is 9.10 Å². The standard InChI is InChI=1S/C19H19FN2O5S/c1-10(2)17-16(19(24)27-4)14(11-5-7-12(20)8-6-11)15-13(23)9-28(25,26)22(3)18(15)21-17/h5-8,10H,9H2,1-4H3. The number of carbonyl (C=O) groups excluding carboxylic acids is 2. The van der Waals surface area contributed by atoms with E-state index in [1.807, 2.05) is 0 Å². The van der Waals surface area contributed by atoms with Gasteiger partial charge in [0, 0.05) is 12.6 Å². The van der Waals surface area contributed by atoms with Gasteiger partial charge in [-0.25, -0.2) is 22.6 Å². The summed E-state index contributed by atoms with van der Waals surface area (Å²) in [5.41, 5.74) is 0.968. The predicted octanol–water partition coefficient (Wildman–Crippen LogP) is 2.76. The van der Waals surface area contributed by atoms with Gasteiger partial charge in [-0.05, 0) is 23.6 Å². The second-order valence-electron chi connectivity index (χ2n) is 6.75. The fourth-order valence-corrected chi connectivity index (χ4v) is 4.25. The Bertz CT molecular complexity index is 1080. The molecule has 1 aliphatic rings. The summed E-state index contributed by atoms with van der Waals surface area (Å²) in [6.07, 6.45) is 0. The Hall–Kier alpha value is -2.81. The van der Waals surface area contributed by atoms with Gasteiger partial charge in [-0.1, -0.05) is 26.0 Å². The summed E-state index contributed by atoms with van der Waals surface area (Å²) in [6.45, 7) is 3.57. The Balaban J connectivity index is 2.51. The van der Waals surface area contributed by atoms with Gasteiger partial charge in [0.25, 0.3) is 0 Å². The number of methoxy groups -OCH3 is 1. The molecule has 0 spiro atoms. The number of aromatic nitrogens is 1. The predicted molar refractivity (Wildman–Crippen MR) is 102 cm³/mol. The van der Waals surface area contributed by atoms with Crippen molar-refractivity contribution < 1.29 is 27.1 Å². The van der Waals surface area contributed by atoms with Gasteiger partial charge in [0.15, 0.2) is 11.6 Å². The molecule has 0 saturated carbocycles. The number of nitrogens with zero attached hydrogens (tertiary/aromatic N) is 2. The van der Waals surface area contributed by atoms with Crippen LogP contribution in [-0.2, 0) is 14.8 Å². The van der Waals surface area contributed by atoms with Gasteiger partial charge in [0.2, 0.25) is 10.0 Å². The molecule has 2 aromatic rings. The highest BCUT2D eigenvalue weighted by atomic mass is 32.2. The maximum absolute atomic E-state index is 13.5. The fraction of sp³-hybridized carbons (Fsp3) is 0.316. The van der Waals surface area contributed by atoms with Crippen LogP contribution >= 0.6 is 0 Å². The molecule has 28 heavy (non-hydrogen) atoms. The molecule has 0 saturated heterocycles. The van der Waals surface area contributed by atoms with E-state index in [0.717, 1.165) is 4.31 Å². The number of rotatable bonds is 3. The maximum atomic E-state index is 13.5. The van der Waals surface area contributed by atoms with Crippen LogP contribution in [0.4, 0.5) is 10.2 Å². The second kappa shape index (κ2) is 6.97. The zero-order valence-corrected chi connectivity index (χ0v) is 16.6. The van der Waals surface area contributed by atoms with Crippen molar-refractivity contribution in [3.05, 3.63) is 46.9 Å². The second-order valence-corrected chi connectivity index (χ2v) is 8.75. The number of ketones is 1. The highest BCUT2D eigenvalue weighted by molar-refractivity contribution is 7.93. The van der Waals surface area contributed by atoms with E-state index in [-0.39, 0.29) is 28.4 Å². The highest BCUT2D eigenvalue weighted by Gasteiger charge is 2.39. The first-order valence-corrected chi connectivity index (χ1v) is 10.1. The van der Waals surface area contributed by atoms with Crippen LogP contribution in [0.2, 0.25) is 0 Å². The van der Waals surface area contributed by atoms with Crippen molar-refractivity contribution in [2.24, 2.45) is 0 Å². The zero-order chi connectivity index (χ0) is 20.8. The quantitative estimate of drug-likeness (QED) is 0.728. The van der Waals surface area contributed by atoms with Crippen LogP contribution < -0.4 is 4.31 Å². The van der Waals surface area contributed by atoms with Crippen molar-refractivity contribution in [3.8, 4) is 11.1 Å². The SMILES string of the molecule is COC(=O)c1c(C(C)C)nc2c(c1-c1ccc(F)cc1)C(=O)CS(=O)(=O)N2C. The number of hydrogen-bond donors (Lipinski definition) is 0. The lowest BCUT2D eigenvalue weighted by atomic mass is 9.89. The number of fused-ring (bicyclic) bond motifs is 1. The van der Waals surface area contributed by atoms with Crippen molar-refractivity contribution in [3.63, 3.8) is 0 Å². The zero-order valence-electron chi connectivity index (χ0n) is 15.8. The van der Waals surface area contributed by atoms with Crippen molar-refractivity contribution in [2.75, 3.05) is 24.2 Å². The number of benzene rings is 1. The molecule has 2 heterocycles. The van der Waals surface area contributed by atoms with E-state index >= 15 is 0 Å². The lowest BCUT2D eigenvalue weighted by Crippen LogP contribution is -2.39. The summed E-state index contributed by atoms with van der Waals surface area (Å²) in [5.74, 6) is -2.93. The lowest BCUT2D eigenvalue weighted by Gasteiger charge is -2.29. The molecule has 148 valence electrons. The summed E-state index contributed by atoms with van der Waals surface area (Å²) >= 11 is 0. The maximum Gasteiger partial charge on any atom is 0.340 e. The van der Waals surface area contributed by atoms with Crippen LogP contribution in [0.3, 0.4) is 0 Å². The number of hydrogen-bond acceptors (Lipinski definition) is 6. The molecule has 7 nitrogen and oxygen atoms in total. The normalized spacial score (nSPS) is 15.5. The molecule has 1 aliphatic heterocycles. The third-order valence-electron chi connectivity index (χ3n) is 4.58. The number of Topliss-reactive ketones (excluding diaryl/α,β-unsaturated/α-hetero) is 1. The van der Waals surface area contributed by atoms with Crippen molar-refractivity contribution >= 4 is 27.6 Å². The van der Waals surface area contributed by atoms with Gasteiger partial charge in [0.05, 0.1) is 23.9 Å². The number of halogens is 1. The fourth-order valence-electron chi connectivity index (χ4n) is 3.18. The highest BCUT2D eigenvalue weighted by Crippen LogP contribution is 2.40. The summed E-state index contributed by atoms with van der Waals surface area (Å²) in [7, 11) is -1.35. The van der Waals surface area contributed by atoms with E-state index < -0.39 is 33.3 Å². The Kier molecular flexibility index (Phi) is 4.97. The molecular weight excluding hydrogens is 387 g/mol. The first-order valence-electron chi connectivity index (χ1n) is 8.50. The Labute approximate surface area is 162 Å². The van der Waals surface area contributed by atoms with Gasteiger partial charge in [0.1, 0.15) is 11.6 Å². The molecule has 0 fully saturated rings. The molecule has 0 aliphatic carbocycles. The molecule has 0 amide bonds. The average molecular weight is 406 g/mol. The van der Waals surface area contributed by atoms with Crippen LogP contribution in [-0.4, -0.2) is 45.1 Å². The molecule has 0 bridgehead atoms. The van der Waals surface area contributed by atoms with E-state index in [2.05, 4.69) is 4.98 Å². The van der Waals surface area contributed by atoms with E-state index in [1.54, 1.807) is 13.8 Å². The Morgan fingerprint density at radius 1 is 1.21 bits per heavy atom. The van der Waals surface area contributed by atoms with E-state index in [4.69, 9.17) is 4.74 Å². The molecule has 3 rings (SSSR count). The minimum absolute atomic E-state index is 0.00809. The number of carbonyl (C=O) groups is 2. The van der Waals surface area contributed by atoms with Crippen LogP contribution in [0.15, 0.2) is 24.3 Å². The molecule has 1 aromatic heterocycles.